The summed E-state index contributed by atoms with van der Waals surface area (Å²) in [6.45, 7) is 1.34. The Bertz CT molecular complexity index is 2930. The zero-order valence-electron chi connectivity index (χ0n) is 31.9. The fourth-order valence-corrected chi connectivity index (χ4v) is 8.10. The van der Waals surface area contributed by atoms with E-state index in [9.17, 15) is 19.8 Å². The van der Waals surface area contributed by atoms with Crippen molar-refractivity contribution in [2.75, 3.05) is 26.4 Å². The van der Waals surface area contributed by atoms with E-state index in [1.165, 1.54) is 12.7 Å². The fraction of sp³-hybridized carbons (Fsp3) is 0.217. The van der Waals surface area contributed by atoms with Gasteiger partial charge in [-0.1, -0.05) is 54.6 Å². The molecule has 0 bridgehead atoms. The molecule has 4 aromatic heterocycles. The van der Waals surface area contributed by atoms with Gasteiger partial charge in [0.15, 0.2) is 11.3 Å². The Morgan fingerprint density at radius 1 is 0.678 bits per heavy atom. The second-order valence-corrected chi connectivity index (χ2v) is 15.4. The number of nitrogens with zero attached hydrogens (tertiary/aromatic N) is 4. The Hall–Kier alpha value is -6.80. The van der Waals surface area contributed by atoms with Crippen molar-refractivity contribution in [3.63, 3.8) is 0 Å². The SMILES string of the molecule is O=c1[nH]cnc2c1c(-c1ccc(OCCC3(O)CC3c3cccc(-n4cc(-c5ccc(OCCC6(O)COC6)cc5)c5c(=O)[nH]cnc54)c3)cc1)cn2-c1ccccc1. The summed E-state index contributed by atoms with van der Waals surface area (Å²) >= 11 is 0. The van der Waals surface area contributed by atoms with Crippen LogP contribution < -0.4 is 20.6 Å². The topological polar surface area (TPSA) is 170 Å². The lowest BCUT2D eigenvalue weighted by molar-refractivity contribution is -0.184. The summed E-state index contributed by atoms with van der Waals surface area (Å²) in [6.07, 6.45) is 8.20. The highest BCUT2D eigenvalue weighted by Gasteiger charge is 2.53. The first-order valence-corrected chi connectivity index (χ1v) is 19.6. The summed E-state index contributed by atoms with van der Waals surface area (Å²) in [5.74, 6) is 1.25. The molecule has 13 heteroatoms. The zero-order valence-corrected chi connectivity index (χ0v) is 31.9. The Morgan fingerprint density at radius 3 is 1.78 bits per heavy atom. The fourth-order valence-electron chi connectivity index (χ4n) is 8.10. The van der Waals surface area contributed by atoms with Crippen molar-refractivity contribution in [3.8, 4) is 45.1 Å². The molecule has 2 unspecified atom stereocenters. The minimum atomic E-state index is -0.918. The second kappa shape index (κ2) is 14.5. The molecule has 0 amide bonds. The first-order valence-electron chi connectivity index (χ1n) is 19.6. The number of aliphatic hydroxyl groups is 2. The van der Waals surface area contributed by atoms with Crippen LogP contribution in [0.15, 0.2) is 138 Å². The Morgan fingerprint density at radius 2 is 1.22 bits per heavy atom. The van der Waals surface area contributed by atoms with Gasteiger partial charge in [0.2, 0.25) is 0 Å². The predicted molar refractivity (Wildman–Crippen MR) is 223 cm³/mol. The lowest BCUT2D eigenvalue weighted by Crippen LogP contribution is -2.50. The van der Waals surface area contributed by atoms with Crippen molar-refractivity contribution < 1.29 is 24.4 Å². The van der Waals surface area contributed by atoms with Crippen LogP contribution in [-0.4, -0.2) is 76.9 Å². The number of H-pyrrole nitrogens is 2. The summed E-state index contributed by atoms with van der Waals surface area (Å²) in [7, 11) is 0. The van der Waals surface area contributed by atoms with Crippen molar-refractivity contribution in [1.82, 2.24) is 29.1 Å². The molecule has 13 nitrogen and oxygen atoms in total. The minimum Gasteiger partial charge on any atom is -0.493 e. The lowest BCUT2D eigenvalue weighted by atomic mass is 9.99. The maximum Gasteiger partial charge on any atom is 0.260 e. The van der Waals surface area contributed by atoms with Crippen LogP contribution in [-0.2, 0) is 4.74 Å². The molecule has 4 aromatic carbocycles. The number of rotatable bonds is 13. The molecule has 2 aliphatic rings. The first-order chi connectivity index (χ1) is 28.8. The van der Waals surface area contributed by atoms with E-state index in [0.717, 1.165) is 39.2 Å². The number of benzene rings is 4. The number of aromatic nitrogens is 6. The molecule has 5 heterocycles. The van der Waals surface area contributed by atoms with E-state index in [1.54, 1.807) is 0 Å². The monoisotopic (exact) mass is 788 g/mol. The molecule has 2 fully saturated rings. The third-order valence-corrected chi connectivity index (χ3v) is 11.5. The van der Waals surface area contributed by atoms with Crippen LogP contribution in [0, 0.1) is 0 Å². The first kappa shape index (κ1) is 36.5. The van der Waals surface area contributed by atoms with Gasteiger partial charge in [-0.2, -0.15) is 0 Å². The highest BCUT2D eigenvalue weighted by atomic mass is 16.5. The molecule has 4 N–H and O–H groups in total. The van der Waals surface area contributed by atoms with Gasteiger partial charge in [0.1, 0.15) is 17.1 Å². The molecule has 1 aliphatic heterocycles. The molecule has 1 saturated heterocycles. The summed E-state index contributed by atoms with van der Waals surface area (Å²) in [5.41, 5.74) is 4.81. The summed E-state index contributed by atoms with van der Waals surface area (Å²) < 4.78 is 20.9. The maximum absolute atomic E-state index is 13.2. The molecular formula is C46H40N6O7. The summed E-state index contributed by atoms with van der Waals surface area (Å²) in [5, 5.41) is 22.8. The van der Waals surface area contributed by atoms with Crippen LogP contribution in [0.3, 0.4) is 0 Å². The largest absolute Gasteiger partial charge is 0.493 e. The van der Waals surface area contributed by atoms with E-state index in [4.69, 9.17) is 14.2 Å². The number of hydrogen-bond donors (Lipinski definition) is 4. The second-order valence-electron chi connectivity index (χ2n) is 15.4. The zero-order chi connectivity index (χ0) is 40.1. The molecular weight excluding hydrogens is 749 g/mol. The van der Waals surface area contributed by atoms with Gasteiger partial charge in [-0.15, -0.1) is 0 Å². The minimum absolute atomic E-state index is 0.0789. The standard InChI is InChI=1S/C46H40N6O7/c53-43-39-36(23-51(41(39)47-27-49-43)32-6-2-1-3-7-32)29-11-15-35(16-12-29)59-20-18-46(56)22-38(46)31-5-4-8-33(21-31)52-24-37(40-42(52)48-28-50-44(40)54)30-9-13-34(14-10-30)58-19-17-45(55)25-57-26-45/h1-16,21,23-24,27-28,38,55-56H,17-20,22,25-26H2,(H,47,49,53)(H,48,50,54). The van der Waals surface area contributed by atoms with Gasteiger partial charge in [0.05, 0.1) is 55.5 Å². The van der Waals surface area contributed by atoms with E-state index < -0.39 is 11.2 Å². The molecule has 1 saturated carbocycles. The van der Waals surface area contributed by atoms with Crippen LogP contribution in [0.5, 0.6) is 11.5 Å². The van der Waals surface area contributed by atoms with E-state index in [-0.39, 0.29) is 17.0 Å². The van der Waals surface area contributed by atoms with Gasteiger partial charge in [0.25, 0.3) is 11.1 Å². The highest BCUT2D eigenvalue weighted by Crippen LogP contribution is 2.54. The molecule has 59 heavy (non-hydrogen) atoms. The van der Waals surface area contributed by atoms with Gasteiger partial charge >= 0.3 is 0 Å². The van der Waals surface area contributed by atoms with Gasteiger partial charge < -0.3 is 43.5 Å². The van der Waals surface area contributed by atoms with Crippen molar-refractivity contribution in [2.45, 2.75) is 36.4 Å². The van der Waals surface area contributed by atoms with Gasteiger partial charge in [-0.25, -0.2) is 9.97 Å². The number of ether oxygens (including phenoxy) is 3. The summed E-state index contributed by atoms with van der Waals surface area (Å²) in [4.78, 5) is 40.6. The van der Waals surface area contributed by atoms with Crippen molar-refractivity contribution >= 4 is 22.1 Å². The van der Waals surface area contributed by atoms with Crippen LogP contribution in [0.25, 0.3) is 55.7 Å². The van der Waals surface area contributed by atoms with E-state index in [0.29, 0.717) is 79.3 Å². The lowest BCUT2D eigenvalue weighted by Gasteiger charge is -2.36. The number of para-hydroxylation sites is 1. The quantitative estimate of drug-likeness (QED) is 0.105. The van der Waals surface area contributed by atoms with Gasteiger partial charge in [0, 0.05) is 53.7 Å². The number of nitrogens with one attached hydrogen (secondary N) is 2. The van der Waals surface area contributed by atoms with Gasteiger partial charge in [-0.05, 0) is 71.6 Å². The third-order valence-electron chi connectivity index (χ3n) is 11.5. The van der Waals surface area contributed by atoms with Crippen LogP contribution >= 0.6 is 0 Å². The predicted octanol–water partition coefficient (Wildman–Crippen LogP) is 6.29. The van der Waals surface area contributed by atoms with E-state index >= 15 is 0 Å². The summed E-state index contributed by atoms with van der Waals surface area (Å²) in [6, 6.07) is 32.9. The molecule has 10 rings (SSSR count). The number of fused-ring (bicyclic) bond motifs is 2. The van der Waals surface area contributed by atoms with Crippen LogP contribution in [0.1, 0.15) is 30.7 Å². The average Bonchev–Trinajstić information content (AvgIpc) is 3.55. The van der Waals surface area contributed by atoms with Crippen molar-refractivity contribution in [3.05, 3.63) is 154 Å². The highest BCUT2D eigenvalue weighted by molar-refractivity contribution is 5.95. The molecule has 0 radical (unpaired) electrons. The Kier molecular flexibility index (Phi) is 9.00. The average molecular weight is 789 g/mol. The van der Waals surface area contributed by atoms with E-state index in [2.05, 4.69) is 19.9 Å². The van der Waals surface area contributed by atoms with E-state index in [1.807, 2.05) is 125 Å². The molecule has 0 spiro atoms. The van der Waals surface area contributed by atoms with Crippen LogP contribution in [0.2, 0.25) is 0 Å². The number of aromatic amines is 2. The molecule has 8 aromatic rings. The van der Waals surface area contributed by atoms with Crippen molar-refractivity contribution in [2.24, 2.45) is 0 Å². The van der Waals surface area contributed by atoms with Crippen molar-refractivity contribution in [1.29, 1.82) is 0 Å². The smallest absolute Gasteiger partial charge is 0.260 e. The maximum atomic E-state index is 13.2. The van der Waals surface area contributed by atoms with Gasteiger partial charge in [-0.3, -0.25) is 9.59 Å². The number of hydrogen-bond acceptors (Lipinski definition) is 9. The Balaban J connectivity index is 0.818. The molecule has 296 valence electrons. The molecule has 1 aliphatic carbocycles. The third kappa shape index (κ3) is 6.88. The Labute approximate surface area is 337 Å². The molecule has 2 atom stereocenters. The normalized spacial score (nSPS) is 18.2. The van der Waals surface area contributed by atoms with Crippen LogP contribution in [0.4, 0.5) is 0 Å².